The van der Waals surface area contributed by atoms with Gasteiger partial charge in [0.1, 0.15) is 5.82 Å². The SMILES string of the molecule is CS(=O)(=NC(=O)c1ncc(-c2noc(C(F)(F)F)n2)cn1)c1ccc(F)cc1. The first-order valence-corrected chi connectivity index (χ1v) is 9.24. The van der Waals surface area contributed by atoms with E-state index in [4.69, 9.17) is 0 Å². The molecule has 2 heterocycles. The number of hydrogen-bond donors (Lipinski definition) is 0. The van der Waals surface area contributed by atoms with Crippen molar-refractivity contribution in [1.82, 2.24) is 20.1 Å². The molecule has 2 aromatic heterocycles. The fraction of sp³-hybridized carbons (Fsp3) is 0.133. The van der Waals surface area contributed by atoms with E-state index in [-0.39, 0.29) is 10.5 Å². The van der Waals surface area contributed by atoms with Crippen LogP contribution in [-0.4, -0.2) is 36.5 Å². The lowest BCUT2D eigenvalue weighted by atomic mass is 10.3. The second kappa shape index (κ2) is 7.07. The minimum absolute atomic E-state index is 0.0356. The van der Waals surface area contributed by atoms with Gasteiger partial charge >= 0.3 is 18.0 Å². The van der Waals surface area contributed by atoms with Crippen molar-refractivity contribution in [2.75, 3.05) is 6.26 Å². The van der Waals surface area contributed by atoms with Crippen LogP contribution in [0.1, 0.15) is 16.5 Å². The van der Waals surface area contributed by atoms with E-state index in [0.29, 0.717) is 0 Å². The van der Waals surface area contributed by atoms with Gasteiger partial charge in [-0.05, 0) is 24.3 Å². The Morgan fingerprint density at radius 2 is 1.75 bits per heavy atom. The van der Waals surface area contributed by atoms with Crippen LogP contribution in [0.2, 0.25) is 0 Å². The number of rotatable bonds is 3. The predicted octanol–water partition coefficient (Wildman–Crippen LogP) is 2.98. The van der Waals surface area contributed by atoms with Crippen LogP contribution in [0.3, 0.4) is 0 Å². The molecule has 0 N–H and O–H groups in total. The van der Waals surface area contributed by atoms with E-state index in [2.05, 4.69) is 29.0 Å². The number of benzene rings is 1. The second-order valence-electron chi connectivity index (χ2n) is 5.37. The maximum Gasteiger partial charge on any atom is 0.471 e. The lowest BCUT2D eigenvalue weighted by molar-refractivity contribution is -0.159. The Labute approximate surface area is 154 Å². The maximum absolute atomic E-state index is 13.0. The average molecular weight is 415 g/mol. The van der Waals surface area contributed by atoms with E-state index in [1.54, 1.807) is 0 Å². The molecule has 1 unspecified atom stereocenters. The van der Waals surface area contributed by atoms with Crippen molar-refractivity contribution in [2.45, 2.75) is 11.1 Å². The van der Waals surface area contributed by atoms with E-state index in [9.17, 15) is 26.6 Å². The van der Waals surface area contributed by atoms with Crippen LogP contribution in [0.4, 0.5) is 17.6 Å². The number of aromatic nitrogens is 4. The molecule has 0 aliphatic heterocycles. The van der Waals surface area contributed by atoms with Gasteiger partial charge in [-0.2, -0.15) is 22.5 Å². The summed E-state index contributed by atoms with van der Waals surface area (Å²) in [5.41, 5.74) is -0.0356. The lowest BCUT2D eigenvalue weighted by Gasteiger charge is -2.03. The fourth-order valence-electron chi connectivity index (χ4n) is 1.95. The molecule has 1 atom stereocenters. The molecular formula is C15H9F4N5O3S. The lowest BCUT2D eigenvalue weighted by Crippen LogP contribution is -2.07. The number of halogens is 4. The molecule has 1 amide bonds. The summed E-state index contributed by atoms with van der Waals surface area (Å²) in [7, 11) is -3.19. The van der Waals surface area contributed by atoms with Gasteiger partial charge in [-0.1, -0.05) is 5.16 Å². The summed E-state index contributed by atoms with van der Waals surface area (Å²) in [4.78, 5) is 22.8. The molecular weight excluding hydrogens is 406 g/mol. The first-order chi connectivity index (χ1) is 13.1. The van der Waals surface area contributed by atoms with Crippen LogP contribution in [0.25, 0.3) is 11.4 Å². The van der Waals surface area contributed by atoms with Crippen LogP contribution in [0.5, 0.6) is 0 Å². The summed E-state index contributed by atoms with van der Waals surface area (Å²) >= 11 is 0. The van der Waals surface area contributed by atoms with E-state index in [0.717, 1.165) is 24.5 Å². The highest BCUT2D eigenvalue weighted by Gasteiger charge is 2.38. The summed E-state index contributed by atoms with van der Waals surface area (Å²) in [6.07, 6.45) is -1.63. The number of carbonyl (C=O) groups is 1. The molecule has 0 radical (unpaired) electrons. The first-order valence-electron chi connectivity index (χ1n) is 7.32. The normalized spacial score (nSPS) is 13.8. The summed E-state index contributed by atoms with van der Waals surface area (Å²) in [5, 5.41) is 3.16. The Kier molecular flexibility index (Phi) is 4.93. The topological polar surface area (TPSA) is 111 Å². The average Bonchev–Trinajstić information content (AvgIpc) is 3.12. The zero-order chi connectivity index (χ0) is 20.5. The smallest absolute Gasteiger partial charge is 0.329 e. The van der Waals surface area contributed by atoms with Crippen molar-refractivity contribution in [3.63, 3.8) is 0 Å². The Balaban J connectivity index is 1.85. The Morgan fingerprint density at radius 1 is 1.14 bits per heavy atom. The summed E-state index contributed by atoms with van der Waals surface area (Å²) in [6.45, 7) is 0. The number of alkyl halides is 3. The minimum Gasteiger partial charge on any atom is -0.329 e. The Hall–Kier alpha value is -3.22. The third-order valence-corrected chi connectivity index (χ3v) is 4.94. The largest absolute Gasteiger partial charge is 0.471 e. The molecule has 0 saturated carbocycles. The van der Waals surface area contributed by atoms with Crippen LogP contribution >= 0.6 is 0 Å². The maximum atomic E-state index is 13.0. The molecule has 8 nitrogen and oxygen atoms in total. The van der Waals surface area contributed by atoms with Gasteiger partial charge in [-0.15, -0.1) is 0 Å². The zero-order valence-electron chi connectivity index (χ0n) is 13.8. The molecule has 28 heavy (non-hydrogen) atoms. The van der Waals surface area contributed by atoms with Gasteiger partial charge in [-0.3, -0.25) is 4.79 Å². The van der Waals surface area contributed by atoms with E-state index >= 15 is 0 Å². The van der Waals surface area contributed by atoms with Crippen molar-refractivity contribution in [1.29, 1.82) is 0 Å². The fourth-order valence-corrected chi connectivity index (χ4v) is 3.09. The van der Waals surface area contributed by atoms with Crippen molar-refractivity contribution >= 4 is 15.6 Å². The van der Waals surface area contributed by atoms with E-state index in [1.165, 1.54) is 18.4 Å². The van der Waals surface area contributed by atoms with E-state index < -0.39 is 45.2 Å². The van der Waals surface area contributed by atoms with Gasteiger partial charge in [0, 0.05) is 23.5 Å². The number of nitrogens with zero attached hydrogens (tertiary/aromatic N) is 5. The molecule has 0 fully saturated rings. The van der Waals surface area contributed by atoms with E-state index in [1.807, 2.05) is 0 Å². The number of carbonyl (C=O) groups excluding carboxylic acids is 1. The van der Waals surface area contributed by atoms with Crippen LogP contribution in [0.15, 0.2) is 50.4 Å². The molecule has 1 aromatic carbocycles. The molecule has 0 aliphatic carbocycles. The molecule has 3 aromatic rings. The molecule has 13 heteroatoms. The highest BCUT2D eigenvalue weighted by Crippen LogP contribution is 2.29. The summed E-state index contributed by atoms with van der Waals surface area (Å²) in [6, 6.07) is 4.60. The number of amides is 1. The Morgan fingerprint density at radius 3 is 2.29 bits per heavy atom. The van der Waals surface area contributed by atoms with Gasteiger partial charge in [-0.25, -0.2) is 18.6 Å². The molecule has 0 bridgehead atoms. The van der Waals surface area contributed by atoms with Crippen LogP contribution < -0.4 is 0 Å². The van der Waals surface area contributed by atoms with Crippen molar-refractivity contribution in [3.8, 4) is 11.4 Å². The second-order valence-corrected chi connectivity index (χ2v) is 7.63. The van der Waals surface area contributed by atoms with Crippen LogP contribution in [0, 0.1) is 5.82 Å². The van der Waals surface area contributed by atoms with Gasteiger partial charge < -0.3 is 4.52 Å². The summed E-state index contributed by atoms with van der Waals surface area (Å²) < 4.78 is 70.6. The molecule has 0 spiro atoms. The van der Waals surface area contributed by atoms with Crippen molar-refractivity contribution in [3.05, 3.63) is 54.2 Å². The van der Waals surface area contributed by atoms with Gasteiger partial charge in [0.25, 0.3) is 0 Å². The molecule has 0 saturated heterocycles. The monoisotopic (exact) mass is 415 g/mol. The third-order valence-electron chi connectivity index (χ3n) is 3.28. The quantitative estimate of drug-likeness (QED) is 0.605. The molecule has 3 rings (SSSR count). The first kappa shape index (κ1) is 19.5. The van der Waals surface area contributed by atoms with Gasteiger partial charge in [0.2, 0.25) is 11.6 Å². The molecule has 146 valence electrons. The van der Waals surface area contributed by atoms with Gasteiger partial charge in [0.15, 0.2) is 0 Å². The van der Waals surface area contributed by atoms with Gasteiger partial charge in [0.05, 0.1) is 15.3 Å². The van der Waals surface area contributed by atoms with Crippen molar-refractivity contribution in [2.24, 2.45) is 4.36 Å². The zero-order valence-corrected chi connectivity index (χ0v) is 14.7. The Bertz CT molecular complexity index is 1130. The highest BCUT2D eigenvalue weighted by molar-refractivity contribution is 7.93. The summed E-state index contributed by atoms with van der Waals surface area (Å²) in [5.74, 6) is -3.97. The predicted molar refractivity (Wildman–Crippen MR) is 85.8 cm³/mol. The minimum atomic E-state index is -4.80. The number of hydrogen-bond acceptors (Lipinski definition) is 7. The van der Waals surface area contributed by atoms with Crippen LogP contribution in [-0.2, 0) is 15.9 Å². The highest BCUT2D eigenvalue weighted by atomic mass is 32.2. The van der Waals surface area contributed by atoms with Crippen molar-refractivity contribution < 1.29 is 31.1 Å². The molecule has 0 aliphatic rings. The standard InChI is InChI=1S/C15H9F4N5O3S/c1-28(26,10-4-2-9(16)3-5-10)24-13(25)12-20-6-8(7-21-12)11-22-14(27-23-11)15(17,18)19/h2-7H,1H3. The third kappa shape index (κ3) is 4.19.